The van der Waals surface area contributed by atoms with Gasteiger partial charge in [0.2, 0.25) is 5.96 Å². The Kier molecular flexibility index (Phi) is 3.72. The van der Waals surface area contributed by atoms with Crippen LogP contribution in [0.25, 0.3) is 0 Å². The van der Waals surface area contributed by atoms with Crippen molar-refractivity contribution in [2.24, 2.45) is 4.99 Å². The molecule has 25 heavy (non-hydrogen) atoms. The number of carbonyl (C=O) groups excluding carboxylic acids is 1. The molecule has 0 aliphatic carbocycles. The average molecular weight is 335 g/mol. The number of guanidine groups is 1. The molecular formula is C19H17N3O3. The van der Waals surface area contributed by atoms with Gasteiger partial charge in [-0.25, -0.2) is 4.79 Å². The molecule has 0 amide bonds. The van der Waals surface area contributed by atoms with Crippen molar-refractivity contribution in [1.29, 1.82) is 0 Å². The standard InChI is InChI=1S/C19H17N3O3/c23-17(13-6-8-14(9-7-13)18(24)25)12-22-16-5-2-1-4-15(16)21-11-3-10-20-19(21)22/h1-2,4-9H,3,10-12H2,(H,24,25). The first-order valence-electron chi connectivity index (χ1n) is 8.20. The number of hydrogen-bond acceptors (Lipinski definition) is 5. The quantitative estimate of drug-likeness (QED) is 0.870. The summed E-state index contributed by atoms with van der Waals surface area (Å²) in [5, 5.41) is 8.97. The molecule has 6 nitrogen and oxygen atoms in total. The second-order valence-corrected chi connectivity index (χ2v) is 6.07. The third-order valence-electron chi connectivity index (χ3n) is 4.49. The van der Waals surface area contributed by atoms with Gasteiger partial charge in [-0.2, -0.15) is 0 Å². The first-order chi connectivity index (χ1) is 12.1. The Morgan fingerprint density at radius 1 is 1.00 bits per heavy atom. The smallest absolute Gasteiger partial charge is 0.335 e. The van der Waals surface area contributed by atoms with E-state index in [-0.39, 0.29) is 17.9 Å². The van der Waals surface area contributed by atoms with Crippen LogP contribution in [0.2, 0.25) is 0 Å². The highest BCUT2D eigenvalue weighted by Crippen LogP contribution is 2.38. The lowest BCUT2D eigenvalue weighted by molar-refractivity contribution is 0.0696. The van der Waals surface area contributed by atoms with Gasteiger partial charge >= 0.3 is 5.97 Å². The van der Waals surface area contributed by atoms with Gasteiger partial charge < -0.3 is 14.9 Å². The zero-order chi connectivity index (χ0) is 17.4. The maximum Gasteiger partial charge on any atom is 0.335 e. The van der Waals surface area contributed by atoms with Crippen molar-refractivity contribution in [2.45, 2.75) is 6.42 Å². The molecular weight excluding hydrogens is 318 g/mol. The zero-order valence-corrected chi connectivity index (χ0v) is 13.6. The van der Waals surface area contributed by atoms with Crippen LogP contribution in [0.4, 0.5) is 11.4 Å². The number of carboxylic acids is 1. The molecule has 2 aliphatic rings. The van der Waals surface area contributed by atoms with Crippen molar-refractivity contribution < 1.29 is 14.7 Å². The van der Waals surface area contributed by atoms with Crippen LogP contribution in [0.15, 0.2) is 53.5 Å². The van der Waals surface area contributed by atoms with Crippen molar-refractivity contribution in [1.82, 2.24) is 0 Å². The number of fused-ring (bicyclic) bond motifs is 3. The number of ketones is 1. The number of aliphatic imine (C=N–C) groups is 1. The van der Waals surface area contributed by atoms with Crippen LogP contribution in [0.3, 0.4) is 0 Å². The van der Waals surface area contributed by atoms with E-state index in [1.54, 1.807) is 12.1 Å². The van der Waals surface area contributed by atoms with Crippen molar-refractivity contribution in [3.8, 4) is 0 Å². The monoisotopic (exact) mass is 335 g/mol. The molecule has 1 N–H and O–H groups in total. The van der Waals surface area contributed by atoms with Gasteiger partial charge in [0, 0.05) is 18.7 Å². The molecule has 0 fully saturated rings. The van der Waals surface area contributed by atoms with E-state index in [0.717, 1.165) is 36.8 Å². The van der Waals surface area contributed by atoms with E-state index < -0.39 is 5.97 Å². The number of anilines is 2. The molecule has 0 unspecified atom stereocenters. The minimum Gasteiger partial charge on any atom is -0.478 e. The number of carbonyl (C=O) groups is 2. The van der Waals surface area contributed by atoms with Gasteiger partial charge in [0.05, 0.1) is 23.5 Å². The minimum absolute atomic E-state index is 0.0677. The summed E-state index contributed by atoms with van der Waals surface area (Å²) in [4.78, 5) is 32.4. The lowest BCUT2D eigenvalue weighted by Crippen LogP contribution is -2.43. The Hall–Kier alpha value is -3.15. The van der Waals surface area contributed by atoms with Crippen molar-refractivity contribution in [3.63, 3.8) is 0 Å². The summed E-state index contributed by atoms with van der Waals surface area (Å²) in [7, 11) is 0. The predicted molar refractivity (Wildman–Crippen MR) is 95.8 cm³/mol. The van der Waals surface area contributed by atoms with Gasteiger partial charge in [0.1, 0.15) is 0 Å². The Balaban J connectivity index is 1.62. The highest BCUT2D eigenvalue weighted by atomic mass is 16.4. The number of carboxylic acid groups (broad SMARTS) is 1. The van der Waals surface area contributed by atoms with E-state index in [4.69, 9.17) is 5.11 Å². The molecule has 0 bridgehead atoms. The van der Waals surface area contributed by atoms with E-state index in [1.807, 2.05) is 29.2 Å². The number of hydrogen-bond donors (Lipinski definition) is 1. The molecule has 2 aromatic carbocycles. The summed E-state index contributed by atoms with van der Waals surface area (Å²) in [6, 6.07) is 14.0. The van der Waals surface area contributed by atoms with Crippen molar-refractivity contribution in [3.05, 3.63) is 59.7 Å². The van der Waals surface area contributed by atoms with Crippen LogP contribution in [0.1, 0.15) is 27.1 Å². The molecule has 0 aromatic heterocycles. The van der Waals surface area contributed by atoms with Gasteiger partial charge in [-0.15, -0.1) is 0 Å². The first kappa shape index (κ1) is 15.4. The fraction of sp³-hybridized carbons (Fsp3) is 0.211. The summed E-state index contributed by atoms with van der Waals surface area (Å²) in [6.45, 7) is 1.84. The van der Waals surface area contributed by atoms with E-state index in [2.05, 4.69) is 9.89 Å². The van der Waals surface area contributed by atoms with Crippen LogP contribution < -0.4 is 9.80 Å². The van der Waals surface area contributed by atoms with Crippen LogP contribution >= 0.6 is 0 Å². The highest BCUT2D eigenvalue weighted by Gasteiger charge is 2.34. The normalized spacial score (nSPS) is 15.4. The Morgan fingerprint density at radius 2 is 1.68 bits per heavy atom. The first-order valence-corrected chi connectivity index (χ1v) is 8.20. The van der Waals surface area contributed by atoms with Gasteiger partial charge in [-0.05, 0) is 30.7 Å². The average Bonchev–Trinajstić information content (AvgIpc) is 2.96. The molecule has 2 heterocycles. The van der Waals surface area contributed by atoms with Gasteiger partial charge in [0.25, 0.3) is 0 Å². The number of rotatable bonds is 4. The van der Waals surface area contributed by atoms with Gasteiger partial charge in [-0.3, -0.25) is 9.79 Å². The van der Waals surface area contributed by atoms with E-state index in [0.29, 0.717) is 5.56 Å². The second-order valence-electron chi connectivity index (χ2n) is 6.07. The molecule has 0 atom stereocenters. The van der Waals surface area contributed by atoms with E-state index in [1.165, 1.54) is 12.1 Å². The molecule has 2 aliphatic heterocycles. The number of Topliss-reactive ketones (excluding diaryl/α,β-unsaturated/α-hetero) is 1. The number of nitrogens with zero attached hydrogens (tertiary/aromatic N) is 3. The van der Waals surface area contributed by atoms with Crippen molar-refractivity contribution in [2.75, 3.05) is 29.4 Å². The molecule has 0 saturated carbocycles. The lowest BCUT2D eigenvalue weighted by Gasteiger charge is -2.26. The Labute approximate surface area is 145 Å². The van der Waals surface area contributed by atoms with Crippen molar-refractivity contribution >= 4 is 29.1 Å². The highest BCUT2D eigenvalue weighted by molar-refractivity contribution is 6.19. The summed E-state index contributed by atoms with van der Waals surface area (Å²) >= 11 is 0. The molecule has 6 heteroatoms. The maximum atomic E-state index is 12.7. The lowest BCUT2D eigenvalue weighted by atomic mass is 10.1. The molecule has 126 valence electrons. The van der Waals surface area contributed by atoms with Crippen LogP contribution in [-0.2, 0) is 0 Å². The van der Waals surface area contributed by atoms with Gasteiger partial charge in [-0.1, -0.05) is 24.3 Å². The largest absolute Gasteiger partial charge is 0.478 e. The topological polar surface area (TPSA) is 73.2 Å². The minimum atomic E-state index is -1.00. The summed E-state index contributed by atoms with van der Waals surface area (Å²) in [5.74, 6) is -0.246. The predicted octanol–water partition coefficient (Wildman–Crippen LogP) is 2.65. The maximum absolute atomic E-state index is 12.7. The third-order valence-corrected chi connectivity index (χ3v) is 4.49. The van der Waals surface area contributed by atoms with Crippen LogP contribution in [0.5, 0.6) is 0 Å². The van der Waals surface area contributed by atoms with Gasteiger partial charge in [0.15, 0.2) is 5.78 Å². The van der Waals surface area contributed by atoms with E-state index >= 15 is 0 Å². The molecule has 4 rings (SSSR count). The molecule has 2 aromatic rings. The van der Waals surface area contributed by atoms with E-state index in [9.17, 15) is 9.59 Å². The fourth-order valence-corrected chi connectivity index (χ4v) is 3.27. The number of benzene rings is 2. The zero-order valence-electron chi connectivity index (χ0n) is 13.6. The summed E-state index contributed by atoms with van der Waals surface area (Å²) in [6.07, 6.45) is 0.996. The third kappa shape index (κ3) is 2.65. The molecule has 0 spiro atoms. The Morgan fingerprint density at radius 3 is 2.40 bits per heavy atom. The Bertz CT molecular complexity index is 874. The number of para-hydroxylation sites is 2. The summed E-state index contributed by atoms with van der Waals surface area (Å²) < 4.78 is 0. The fourth-order valence-electron chi connectivity index (χ4n) is 3.27. The SMILES string of the molecule is O=C(O)c1ccc(C(=O)CN2C3=NCCCN3c3ccccc32)cc1. The van der Waals surface area contributed by atoms with Crippen LogP contribution in [0, 0.1) is 0 Å². The number of aromatic carboxylic acids is 1. The molecule has 0 radical (unpaired) electrons. The second kappa shape index (κ2) is 6.05. The molecule has 0 saturated heterocycles. The van der Waals surface area contributed by atoms with Crippen LogP contribution in [-0.4, -0.2) is 42.5 Å². The summed E-state index contributed by atoms with van der Waals surface area (Å²) in [5.41, 5.74) is 2.73.